The number of guanidine groups is 1. The van der Waals surface area contributed by atoms with Gasteiger partial charge in [0.2, 0.25) is 5.96 Å². The van der Waals surface area contributed by atoms with Crippen LogP contribution in [0.15, 0.2) is 34.4 Å². The fourth-order valence-electron chi connectivity index (χ4n) is 1.93. The number of nitrogens with zero attached hydrogens (tertiary/aromatic N) is 2. The van der Waals surface area contributed by atoms with Crippen molar-refractivity contribution in [2.75, 3.05) is 0 Å². The second-order valence-electron chi connectivity index (χ2n) is 4.82. The van der Waals surface area contributed by atoms with E-state index in [1.54, 1.807) is 17.4 Å². The van der Waals surface area contributed by atoms with Crippen LogP contribution in [0.2, 0.25) is 0 Å². The third-order valence-corrected chi connectivity index (χ3v) is 3.59. The lowest BCUT2D eigenvalue weighted by Gasteiger charge is -2.07. The molecule has 1 amide bonds. The predicted octanol–water partition coefficient (Wildman–Crippen LogP) is 2.12. The summed E-state index contributed by atoms with van der Waals surface area (Å²) in [6, 6.07) is 6.14. The highest BCUT2D eigenvalue weighted by Gasteiger charge is 2.20. The van der Waals surface area contributed by atoms with E-state index in [0.717, 1.165) is 15.8 Å². The number of carbonyl (C=O) groups excluding carboxylic acids is 1. The van der Waals surface area contributed by atoms with Gasteiger partial charge in [0, 0.05) is 6.04 Å². The zero-order valence-corrected chi connectivity index (χ0v) is 12.0. The number of hydrogen-bond donors (Lipinski definition) is 2. The van der Waals surface area contributed by atoms with Gasteiger partial charge in [0.05, 0.1) is 15.7 Å². The molecule has 0 saturated heterocycles. The van der Waals surface area contributed by atoms with E-state index in [0.29, 0.717) is 11.7 Å². The second kappa shape index (κ2) is 5.05. The Labute approximate surface area is 120 Å². The van der Waals surface area contributed by atoms with Gasteiger partial charge in [-0.2, -0.15) is 0 Å². The molecule has 20 heavy (non-hydrogen) atoms. The number of fused-ring (bicyclic) bond motifs is 1. The number of nitrogens with one attached hydrogen (secondary N) is 2. The highest BCUT2D eigenvalue weighted by atomic mass is 32.1. The van der Waals surface area contributed by atoms with Crippen LogP contribution < -0.4 is 10.6 Å². The number of amides is 1. The zero-order chi connectivity index (χ0) is 14.1. The molecular formula is C14H14N4OS. The molecule has 0 spiro atoms. The summed E-state index contributed by atoms with van der Waals surface area (Å²) in [6.07, 6.45) is 1.77. The molecule has 3 rings (SSSR count). The van der Waals surface area contributed by atoms with E-state index < -0.39 is 0 Å². The van der Waals surface area contributed by atoms with Crippen LogP contribution >= 0.6 is 11.3 Å². The summed E-state index contributed by atoms with van der Waals surface area (Å²) in [4.78, 5) is 20.4. The van der Waals surface area contributed by atoms with E-state index in [9.17, 15) is 4.79 Å². The number of aliphatic imine (C=N–C) groups is 1. The summed E-state index contributed by atoms with van der Waals surface area (Å²) in [6.45, 7) is 3.99. The van der Waals surface area contributed by atoms with Gasteiger partial charge in [0.25, 0.3) is 5.91 Å². The lowest BCUT2D eigenvalue weighted by molar-refractivity contribution is -0.115. The zero-order valence-electron chi connectivity index (χ0n) is 11.2. The molecule has 1 aliphatic heterocycles. The standard InChI is InChI=1S/C14H14N4OS/c1-8(2)16-14-17-11(13(19)18-14)6-9-3-4-12-10(5-9)15-7-20-12/h3-8H,1-2H3,(H2,16,17,18,19)/b11-6-. The van der Waals surface area contributed by atoms with Gasteiger partial charge in [-0.1, -0.05) is 6.07 Å². The summed E-state index contributed by atoms with van der Waals surface area (Å²) in [5.41, 5.74) is 4.07. The van der Waals surface area contributed by atoms with Crippen molar-refractivity contribution >= 4 is 39.5 Å². The van der Waals surface area contributed by atoms with Crippen molar-refractivity contribution in [1.82, 2.24) is 15.6 Å². The Morgan fingerprint density at radius 2 is 2.25 bits per heavy atom. The van der Waals surface area contributed by atoms with Crippen LogP contribution in [-0.2, 0) is 4.79 Å². The van der Waals surface area contributed by atoms with Crippen LogP contribution in [0.1, 0.15) is 19.4 Å². The van der Waals surface area contributed by atoms with Gasteiger partial charge in [0.1, 0.15) is 5.70 Å². The predicted molar refractivity (Wildman–Crippen MR) is 81.4 cm³/mol. The van der Waals surface area contributed by atoms with Crippen LogP contribution in [-0.4, -0.2) is 22.9 Å². The van der Waals surface area contributed by atoms with Crippen LogP contribution in [0.5, 0.6) is 0 Å². The molecule has 1 aliphatic rings. The minimum absolute atomic E-state index is 0.188. The molecule has 2 heterocycles. The summed E-state index contributed by atoms with van der Waals surface area (Å²) >= 11 is 1.60. The van der Waals surface area contributed by atoms with E-state index in [4.69, 9.17) is 0 Å². The van der Waals surface area contributed by atoms with Crippen molar-refractivity contribution in [2.45, 2.75) is 19.9 Å². The molecule has 0 aliphatic carbocycles. The molecule has 5 nitrogen and oxygen atoms in total. The quantitative estimate of drug-likeness (QED) is 0.831. The van der Waals surface area contributed by atoms with Crippen molar-refractivity contribution in [1.29, 1.82) is 0 Å². The summed E-state index contributed by atoms with van der Waals surface area (Å²) in [7, 11) is 0. The minimum atomic E-state index is -0.188. The largest absolute Gasteiger partial charge is 0.354 e. The number of hydrogen-bond acceptors (Lipinski definition) is 5. The SMILES string of the molecule is CC(C)NC1=N/C(=C\c2ccc3scnc3c2)C(=O)N1. The van der Waals surface area contributed by atoms with Gasteiger partial charge >= 0.3 is 0 Å². The molecule has 2 N–H and O–H groups in total. The second-order valence-corrected chi connectivity index (χ2v) is 5.71. The van der Waals surface area contributed by atoms with Crippen LogP contribution in [0.3, 0.4) is 0 Å². The van der Waals surface area contributed by atoms with Gasteiger partial charge in [-0.3, -0.25) is 10.1 Å². The van der Waals surface area contributed by atoms with Crippen molar-refractivity contribution in [3.8, 4) is 0 Å². The number of carbonyl (C=O) groups is 1. The molecular weight excluding hydrogens is 272 g/mol. The molecule has 2 aromatic rings. The van der Waals surface area contributed by atoms with Crippen molar-refractivity contribution in [3.63, 3.8) is 0 Å². The third-order valence-electron chi connectivity index (χ3n) is 2.78. The molecule has 6 heteroatoms. The average molecular weight is 286 g/mol. The lowest BCUT2D eigenvalue weighted by atomic mass is 10.2. The lowest BCUT2D eigenvalue weighted by Crippen LogP contribution is -2.39. The topological polar surface area (TPSA) is 66.4 Å². The Bertz CT molecular complexity index is 730. The number of benzene rings is 1. The highest BCUT2D eigenvalue weighted by Crippen LogP contribution is 2.21. The molecule has 1 aromatic carbocycles. The van der Waals surface area contributed by atoms with Gasteiger partial charge in [-0.05, 0) is 37.6 Å². The maximum atomic E-state index is 11.8. The summed E-state index contributed by atoms with van der Waals surface area (Å²) < 4.78 is 1.13. The first kappa shape index (κ1) is 12.8. The van der Waals surface area contributed by atoms with E-state index in [2.05, 4.69) is 20.6 Å². The van der Waals surface area contributed by atoms with E-state index in [1.807, 2.05) is 37.6 Å². The first-order chi connectivity index (χ1) is 9.61. The third kappa shape index (κ3) is 2.55. The summed E-state index contributed by atoms with van der Waals surface area (Å²) in [5, 5.41) is 5.79. The van der Waals surface area contributed by atoms with E-state index in [1.165, 1.54) is 0 Å². The Morgan fingerprint density at radius 3 is 3.05 bits per heavy atom. The first-order valence-corrected chi connectivity index (χ1v) is 7.21. The summed E-state index contributed by atoms with van der Waals surface area (Å²) in [5.74, 6) is 0.317. The average Bonchev–Trinajstić information content (AvgIpc) is 2.96. The van der Waals surface area contributed by atoms with Crippen molar-refractivity contribution in [3.05, 3.63) is 35.0 Å². The van der Waals surface area contributed by atoms with Gasteiger partial charge in [0.15, 0.2) is 0 Å². The van der Waals surface area contributed by atoms with Crippen molar-refractivity contribution in [2.24, 2.45) is 4.99 Å². The number of rotatable bonds is 2. The maximum absolute atomic E-state index is 11.8. The fourth-order valence-corrected chi connectivity index (χ4v) is 2.59. The Morgan fingerprint density at radius 1 is 1.40 bits per heavy atom. The smallest absolute Gasteiger partial charge is 0.276 e. The van der Waals surface area contributed by atoms with Crippen LogP contribution in [0.4, 0.5) is 0 Å². The monoisotopic (exact) mass is 286 g/mol. The van der Waals surface area contributed by atoms with Gasteiger partial charge < -0.3 is 5.32 Å². The molecule has 0 saturated carbocycles. The van der Waals surface area contributed by atoms with Crippen LogP contribution in [0, 0.1) is 0 Å². The molecule has 0 radical (unpaired) electrons. The molecule has 102 valence electrons. The molecule has 0 atom stereocenters. The Hall–Kier alpha value is -2.21. The van der Waals surface area contributed by atoms with Gasteiger partial charge in [-0.25, -0.2) is 9.98 Å². The maximum Gasteiger partial charge on any atom is 0.276 e. The highest BCUT2D eigenvalue weighted by molar-refractivity contribution is 7.16. The Kier molecular flexibility index (Phi) is 3.23. The molecule has 0 bridgehead atoms. The first-order valence-electron chi connectivity index (χ1n) is 6.33. The Balaban J connectivity index is 1.90. The normalized spacial score (nSPS) is 16.9. The number of aromatic nitrogens is 1. The fraction of sp³-hybridized carbons (Fsp3) is 0.214. The molecule has 0 fully saturated rings. The molecule has 1 aromatic heterocycles. The molecule has 0 unspecified atom stereocenters. The number of thiazole rings is 1. The minimum Gasteiger partial charge on any atom is -0.354 e. The van der Waals surface area contributed by atoms with Crippen molar-refractivity contribution < 1.29 is 4.79 Å². The van der Waals surface area contributed by atoms with E-state index in [-0.39, 0.29) is 11.9 Å². The van der Waals surface area contributed by atoms with Crippen LogP contribution in [0.25, 0.3) is 16.3 Å². The van der Waals surface area contributed by atoms with E-state index >= 15 is 0 Å². The van der Waals surface area contributed by atoms with Gasteiger partial charge in [-0.15, -0.1) is 11.3 Å².